The molecule has 0 saturated carbocycles. The van der Waals surface area contributed by atoms with Crippen molar-refractivity contribution < 1.29 is 29.7 Å². The fraction of sp³-hybridized carbons (Fsp3) is 0.167. The average molecular weight is 330 g/mol. The molecule has 2 rings (SSSR count). The quantitative estimate of drug-likeness (QED) is 0.407. The van der Waals surface area contributed by atoms with Crippen LogP contribution >= 0.6 is 7.81 Å². The molecule has 0 radical (unpaired) electrons. The molecule has 0 fully saturated rings. The summed E-state index contributed by atoms with van der Waals surface area (Å²) in [6.07, 6.45) is 7.82. The molecule has 0 atom stereocenters. The van der Waals surface area contributed by atoms with Crippen LogP contribution in [0.15, 0.2) is 49.1 Å². The summed E-state index contributed by atoms with van der Waals surface area (Å²) in [5, 5.41) is 0. The molecule has 0 aliphatic rings. The van der Waals surface area contributed by atoms with Gasteiger partial charge in [0.2, 0.25) is 0 Å². The topological polar surface area (TPSA) is 16.8 Å². The van der Waals surface area contributed by atoms with E-state index in [4.69, 9.17) is 0 Å². The molecule has 0 unspecified atom stereocenters. The molecule has 0 aliphatic carbocycles. The van der Waals surface area contributed by atoms with E-state index < -0.39 is 7.81 Å². The zero-order valence-corrected chi connectivity index (χ0v) is 11.8. The molecule has 21 heavy (non-hydrogen) atoms. The number of rotatable bonds is 2. The molecule has 9 heteroatoms. The Balaban J connectivity index is 0.000000270. The summed E-state index contributed by atoms with van der Waals surface area (Å²) in [4.78, 5) is 4.00. The van der Waals surface area contributed by atoms with Gasteiger partial charge in [0.15, 0.2) is 12.4 Å². The molecule has 0 amide bonds. The van der Waals surface area contributed by atoms with Gasteiger partial charge in [-0.25, -0.2) is 4.57 Å². The first-order valence-electron chi connectivity index (χ1n) is 5.81. The summed E-state index contributed by atoms with van der Waals surface area (Å²) in [6.45, 7) is 3.14. The third-order valence-electron chi connectivity index (χ3n) is 2.27. The van der Waals surface area contributed by atoms with Crippen molar-refractivity contribution >= 4 is 7.81 Å². The molecule has 0 bridgehead atoms. The summed E-state index contributed by atoms with van der Waals surface area (Å²) >= 11 is 0. The molecular formula is C12H13F6N2P. The summed E-state index contributed by atoms with van der Waals surface area (Å²) in [5.74, 6) is 0. The van der Waals surface area contributed by atoms with E-state index in [2.05, 4.69) is 41.0 Å². The predicted molar refractivity (Wildman–Crippen MR) is 69.1 cm³/mol. The van der Waals surface area contributed by atoms with Crippen LogP contribution in [0.2, 0.25) is 0 Å². The standard InChI is InChI=1S/C12H13N2.F6P/c1-2-14-9-5-12(6-10-14)11-3-7-13-8-4-11;1-7(2,3,4,5)6/h3-10H,2H2,1H3;/q+1;-1. The maximum atomic E-state index is 9.87. The van der Waals surface area contributed by atoms with Crippen LogP contribution in [0, 0.1) is 0 Å². The molecule has 0 aliphatic heterocycles. The van der Waals surface area contributed by atoms with Gasteiger partial charge in [0.05, 0.1) is 0 Å². The van der Waals surface area contributed by atoms with Crippen molar-refractivity contribution in [3.63, 3.8) is 0 Å². The van der Waals surface area contributed by atoms with Crippen LogP contribution in [0.4, 0.5) is 25.2 Å². The fourth-order valence-electron chi connectivity index (χ4n) is 1.40. The summed E-state index contributed by atoms with van der Waals surface area (Å²) in [5.41, 5.74) is 2.44. The molecule has 2 aromatic heterocycles. The van der Waals surface area contributed by atoms with Crippen LogP contribution in [0.5, 0.6) is 0 Å². The Morgan fingerprint density at radius 3 is 1.62 bits per heavy atom. The SMILES string of the molecule is CC[n+]1ccc(-c2ccncc2)cc1.F[P-](F)(F)(F)(F)F. The van der Waals surface area contributed by atoms with Crippen LogP contribution < -0.4 is 4.57 Å². The van der Waals surface area contributed by atoms with Crippen molar-refractivity contribution in [3.8, 4) is 11.1 Å². The third kappa shape index (κ3) is 9.79. The maximum absolute atomic E-state index is 10.7. The molecule has 2 aromatic rings. The van der Waals surface area contributed by atoms with E-state index in [-0.39, 0.29) is 0 Å². The van der Waals surface area contributed by atoms with Gasteiger partial charge >= 0.3 is 33.0 Å². The second-order valence-corrected chi connectivity index (χ2v) is 6.03. The van der Waals surface area contributed by atoms with E-state index >= 15 is 0 Å². The van der Waals surface area contributed by atoms with Crippen molar-refractivity contribution in [1.29, 1.82) is 0 Å². The number of aryl methyl sites for hydroxylation is 1. The summed E-state index contributed by atoms with van der Waals surface area (Å²) < 4.78 is 61.3. The Labute approximate surface area is 117 Å². The Morgan fingerprint density at radius 1 is 0.857 bits per heavy atom. The number of halogens is 6. The normalized spacial score (nSPS) is 14.4. The van der Waals surface area contributed by atoms with Gasteiger partial charge in [-0.3, -0.25) is 4.98 Å². The van der Waals surface area contributed by atoms with Gasteiger partial charge in [-0.2, -0.15) is 0 Å². The van der Waals surface area contributed by atoms with Crippen molar-refractivity contribution in [2.24, 2.45) is 0 Å². The Morgan fingerprint density at radius 2 is 1.24 bits per heavy atom. The van der Waals surface area contributed by atoms with Crippen molar-refractivity contribution in [3.05, 3.63) is 49.1 Å². The van der Waals surface area contributed by atoms with Gasteiger partial charge in [-0.05, 0) is 30.2 Å². The number of nitrogens with zero attached hydrogens (tertiary/aromatic N) is 2. The second-order valence-electron chi connectivity index (χ2n) is 4.11. The molecule has 0 saturated heterocycles. The Kier molecular flexibility index (Phi) is 4.34. The molecule has 0 N–H and O–H groups in total. The van der Waals surface area contributed by atoms with E-state index in [1.54, 1.807) is 0 Å². The van der Waals surface area contributed by atoms with E-state index in [9.17, 15) is 25.2 Å². The molecule has 2 nitrogen and oxygen atoms in total. The van der Waals surface area contributed by atoms with Gasteiger partial charge in [0.1, 0.15) is 6.54 Å². The van der Waals surface area contributed by atoms with E-state index in [1.165, 1.54) is 11.1 Å². The third-order valence-corrected chi connectivity index (χ3v) is 2.27. The van der Waals surface area contributed by atoms with Crippen LogP contribution in [0.3, 0.4) is 0 Å². The average Bonchev–Trinajstić information content (AvgIpc) is 2.36. The van der Waals surface area contributed by atoms with Crippen molar-refractivity contribution in [2.75, 3.05) is 0 Å². The van der Waals surface area contributed by atoms with Crippen LogP contribution in [-0.2, 0) is 6.54 Å². The fourth-order valence-corrected chi connectivity index (χ4v) is 1.40. The molecule has 0 aromatic carbocycles. The molecular weight excluding hydrogens is 317 g/mol. The van der Waals surface area contributed by atoms with E-state index in [1.807, 2.05) is 24.5 Å². The van der Waals surface area contributed by atoms with Crippen LogP contribution in [0.25, 0.3) is 11.1 Å². The zero-order chi connectivity index (χ0) is 16.2. The molecule has 118 valence electrons. The number of hydrogen-bond donors (Lipinski definition) is 0. The Bertz CT molecular complexity index is 569. The van der Waals surface area contributed by atoms with Crippen molar-refractivity contribution in [2.45, 2.75) is 13.5 Å². The summed E-state index contributed by atoms with van der Waals surface area (Å²) in [6, 6.07) is 8.29. The zero-order valence-electron chi connectivity index (χ0n) is 10.9. The van der Waals surface area contributed by atoms with Gasteiger partial charge < -0.3 is 0 Å². The van der Waals surface area contributed by atoms with Gasteiger partial charge in [0.25, 0.3) is 0 Å². The predicted octanol–water partition coefficient (Wildman–Crippen LogP) is 5.44. The van der Waals surface area contributed by atoms with Crippen LogP contribution in [0.1, 0.15) is 6.92 Å². The first-order chi connectivity index (χ1) is 9.35. The van der Waals surface area contributed by atoms with Gasteiger partial charge in [-0.15, -0.1) is 0 Å². The number of pyridine rings is 2. The van der Waals surface area contributed by atoms with Gasteiger partial charge in [-0.1, -0.05) is 0 Å². The molecule has 2 heterocycles. The van der Waals surface area contributed by atoms with E-state index in [0.717, 1.165) is 6.54 Å². The minimum atomic E-state index is -10.7. The first kappa shape index (κ1) is 17.4. The Hall–Kier alpha value is -1.69. The van der Waals surface area contributed by atoms with E-state index in [0.29, 0.717) is 0 Å². The summed E-state index contributed by atoms with van der Waals surface area (Å²) in [7, 11) is -10.7. The number of hydrogen-bond acceptors (Lipinski definition) is 1. The van der Waals surface area contributed by atoms with Crippen LogP contribution in [-0.4, -0.2) is 4.98 Å². The monoisotopic (exact) mass is 330 g/mol. The minimum absolute atomic E-state index is 1.01. The number of aromatic nitrogens is 2. The second kappa shape index (κ2) is 5.26. The van der Waals surface area contributed by atoms with Crippen molar-refractivity contribution in [1.82, 2.24) is 4.98 Å². The molecule has 0 spiro atoms. The van der Waals surface area contributed by atoms with Gasteiger partial charge in [0, 0.05) is 24.5 Å². The first-order valence-corrected chi connectivity index (χ1v) is 7.84.